The van der Waals surface area contributed by atoms with Gasteiger partial charge in [0, 0.05) is 13.1 Å². The number of likely N-dealkylation sites (tertiary alicyclic amines) is 1. The van der Waals surface area contributed by atoms with Crippen molar-refractivity contribution < 1.29 is 9.21 Å². The smallest absolute Gasteiger partial charge is 0.290 e. The third-order valence-corrected chi connectivity index (χ3v) is 4.74. The summed E-state index contributed by atoms with van der Waals surface area (Å²) in [7, 11) is 0. The summed E-state index contributed by atoms with van der Waals surface area (Å²) in [5.41, 5.74) is 0. The largest absolute Gasteiger partial charge is 0.458 e. The zero-order valence-corrected chi connectivity index (χ0v) is 13.0. The van der Waals surface area contributed by atoms with E-state index in [2.05, 4.69) is 21.2 Å². The Morgan fingerprint density at radius 3 is 2.47 bits per heavy atom. The van der Waals surface area contributed by atoms with E-state index >= 15 is 0 Å². The molecule has 6 heteroatoms. The van der Waals surface area contributed by atoms with E-state index in [9.17, 15) is 4.79 Å². The van der Waals surface area contributed by atoms with E-state index in [-0.39, 0.29) is 18.3 Å². The average molecular weight is 350 g/mol. The predicted octanol–water partition coefficient (Wildman–Crippen LogP) is 2.54. The van der Waals surface area contributed by atoms with Crippen molar-refractivity contribution in [3.8, 4) is 0 Å². The Kier molecular flexibility index (Phi) is 4.92. The molecule has 2 fully saturated rings. The van der Waals surface area contributed by atoms with Gasteiger partial charge >= 0.3 is 0 Å². The van der Waals surface area contributed by atoms with Crippen LogP contribution in [0.5, 0.6) is 0 Å². The fraction of sp³-hybridized carbons (Fsp3) is 0.615. The van der Waals surface area contributed by atoms with Crippen LogP contribution in [-0.4, -0.2) is 37.0 Å². The maximum atomic E-state index is 12.3. The van der Waals surface area contributed by atoms with Crippen molar-refractivity contribution in [2.45, 2.75) is 12.8 Å². The number of carbonyl (C=O) groups excluding carboxylic acids is 1. The molecular formula is C13H18BrClN2O2. The molecule has 1 amide bonds. The van der Waals surface area contributed by atoms with Crippen molar-refractivity contribution in [1.29, 1.82) is 0 Å². The summed E-state index contributed by atoms with van der Waals surface area (Å²) >= 11 is 3.35. The normalized spacial score (nSPS) is 26.5. The van der Waals surface area contributed by atoms with Gasteiger partial charge in [0.15, 0.2) is 0 Å². The first kappa shape index (κ1) is 14.9. The minimum absolute atomic E-state index is 0. The Morgan fingerprint density at radius 1 is 1.32 bits per heavy atom. The van der Waals surface area contributed by atoms with Gasteiger partial charge in [-0.3, -0.25) is 4.79 Å². The summed E-state index contributed by atoms with van der Waals surface area (Å²) in [5, 5.41) is 3.44. The van der Waals surface area contributed by atoms with Crippen LogP contribution in [0.25, 0.3) is 0 Å². The van der Waals surface area contributed by atoms with Crippen molar-refractivity contribution in [2.75, 3.05) is 26.2 Å². The van der Waals surface area contributed by atoms with Crippen LogP contribution in [-0.2, 0) is 0 Å². The van der Waals surface area contributed by atoms with Crippen LogP contribution >= 0.6 is 28.3 Å². The zero-order valence-electron chi connectivity index (χ0n) is 10.6. The molecule has 1 aromatic heterocycles. The molecular weight excluding hydrogens is 332 g/mol. The number of hydrogen-bond acceptors (Lipinski definition) is 3. The van der Waals surface area contributed by atoms with Gasteiger partial charge in [0.25, 0.3) is 5.91 Å². The Balaban J connectivity index is 0.00000133. The molecule has 3 heterocycles. The molecule has 2 atom stereocenters. The van der Waals surface area contributed by atoms with Crippen LogP contribution in [0.4, 0.5) is 0 Å². The Morgan fingerprint density at radius 2 is 1.95 bits per heavy atom. The first-order valence-electron chi connectivity index (χ1n) is 6.48. The summed E-state index contributed by atoms with van der Waals surface area (Å²) in [6.45, 7) is 3.90. The molecule has 4 nitrogen and oxygen atoms in total. The van der Waals surface area contributed by atoms with E-state index in [1.807, 2.05) is 4.90 Å². The Hall–Kier alpha value is -0.520. The monoisotopic (exact) mass is 348 g/mol. The number of fused-ring (bicyclic) bond motifs is 1. The van der Waals surface area contributed by atoms with E-state index in [1.165, 1.54) is 0 Å². The highest BCUT2D eigenvalue weighted by Crippen LogP contribution is 2.28. The predicted molar refractivity (Wildman–Crippen MR) is 78.6 cm³/mol. The summed E-state index contributed by atoms with van der Waals surface area (Å²) in [5.74, 6) is 1.92. The molecule has 0 aromatic carbocycles. The average Bonchev–Trinajstić information content (AvgIpc) is 2.94. The number of carbonyl (C=O) groups is 1. The van der Waals surface area contributed by atoms with E-state index < -0.39 is 0 Å². The van der Waals surface area contributed by atoms with Gasteiger partial charge in [-0.05, 0) is 59.8 Å². The van der Waals surface area contributed by atoms with E-state index in [1.54, 1.807) is 12.3 Å². The highest BCUT2D eigenvalue weighted by atomic mass is 79.9. The lowest BCUT2D eigenvalue weighted by molar-refractivity contribution is 0.0725. The van der Waals surface area contributed by atoms with Crippen molar-refractivity contribution in [1.82, 2.24) is 10.2 Å². The molecule has 2 aliphatic rings. The number of amides is 1. The maximum absolute atomic E-state index is 12.3. The lowest BCUT2D eigenvalue weighted by Crippen LogP contribution is -2.32. The van der Waals surface area contributed by atoms with Gasteiger partial charge in [-0.15, -0.1) is 12.4 Å². The number of rotatable bonds is 1. The molecule has 2 saturated heterocycles. The number of furan rings is 1. The summed E-state index contributed by atoms with van der Waals surface area (Å²) in [6.07, 6.45) is 3.75. The fourth-order valence-electron chi connectivity index (χ4n) is 3.01. The summed E-state index contributed by atoms with van der Waals surface area (Å²) in [4.78, 5) is 14.3. The van der Waals surface area contributed by atoms with Crippen molar-refractivity contribution in [2.24, 2.45) is 11.8 Å². The molecule has 0 saturated carbocycles. The summed E-state index contributed by atoms with van der Waals surface area (Å²) in [6, 6.07) is 1.77. The molecule has 0 spiro atoms. The molecule has 1 N–H and O–H groups in total. The lowest BCUT2D eigenvalue weighted by atomic mass is 9.92. The van der Waals surface area contributed by atoms with Crippen LogP contribution in [0.1, 0.15) is 23.4 Å². The molecule has 3 rings (SSSR count). The van der Waals surface area contributed by atoms with Crippen LogP contribution < -0.4 is 5.32 Å². The third kappa shape index (κ3) is 2.98. The first-order valence-corrected chi connectivity index (χ1v) is 7.28. The van der Waals surface area contributed by atoms with Crippen molar-refractivity contribution in [3.05, 3.63) is 22.6 Å². The standard InChI is InChI=1S/C13H17BrN2O2.ClH/c14-11-3-6-18-12(11)13(17)16-4-1-9-7-15-8-10(9)2-5-16;/h3,6,9-10,15H,1-2,4-5,7-8H2;1H/t9-,10+;. The van der Waals surface area contributed by atoms with Crippen molar-refractivity contribution in [3.63, 3.8) is 0 Å². The molecule has 19 heavy (non-hydrogen) atoms. The second-order valence-corrected chi connectivity index (χ2v) is 6.00. The minimum Gasteiger partial charge on any atom is -0.458 e. The van der Waals surface area contributed by atoms with Crippen LogP contribution in [0, 0.1) is 11.8 Å². The van der Waals surface area contributed by atoms with Crippen LogP contribution in [0.2, 0.25) is 0 Å². The first-order chi connectivity index (χ1) is 8.75. The van der Waals surface area contributed by atoms with Gasteiger partial charge in [0.1, 0.15) is 0 Å². The van der Waals surface area contributed by atoms with Gasteiger partial charge in [0.2, 0.25) is 5.76 Å². The molecule has 1 aromatic rings. The van der Waals surface area contributed by atoms with E-state index in [0.29, 0.717) is 5.76 Å². The second-order valence-electron chi connectivity index (χ2n) is 5.15. The number of hydrogen-bond donors (Lipinski definition) is 1. The third-order valence-electron chi connectivity index (χ3n) is 4.12. The lowest BCUT2D eigenvalue weighted by Gasteiger charge is -2.19. The molecule has 106 valence electrons. The minimum atomic E-state index is 0. The Bertz CT molecular complexity index is 438. The van der Waals surface area contributed by atoms with Crippen LogP contribution in [0.3, 0.4) is 0 Å². The van der Waals surface area contributed by atoms with Crippen LogP contribution in [0.15, 0.2) is 21.2 Å². The summed E-state index contributed by atoms with van der Waals surface area (Å²) < 4.78 is 6.01. The zero-order chi connectivity index (χ0) is 12.5. The quantitative estimate of drug-likeness (QED) is 0.847. The van der Waals surface area contributed by atoms with E-state index in [4.69, 9.17) is 4.42 Å². The molecule has 2 aliphatic heterocycles. The second kappa shape index (κ2) is 6.29. The van der Waals surface area contributed by atoms with Gasteiger partial charge in [-0.2, -0.15) is 0 Å². The number of nitrogens with one attached hydrogen (secondary N) is 1. The van der Waals surface area contributed by atoms with Gasteiger partial charge in [0.05, 0.1) is 10.7 Å². The number of halogens is 2. The molecule has 0 aliphatic carbocycles. The highest BCUT2D eigenvalue weighted by Gasteiger charge is 2.32. The number of nitrogens with zero attached hydrogens (tertiary/aromatic N) is 1. The van der Waals surface area contributed by atoms with Gasteiger partial charge < -0.3 is 14.6 Å². The fourth-order valence-corrected chi connectivity index (χ4v) is 3.38. The van der Waals surface area contributed by atoms with Crippen molar-refractivity contribution >= 4 is 34.2 Å². The molecule has 0 unspecified atom stereocenters. The molecule has 0 bridgehead atoms. The van der Waals surface area contributed by atoms with E-state index in [0.717, 1.165) is 55.3 Å². The topological polar surface area (TPSA) is 45.5 Å². The Labute approximate surface area is 127 Å². The highest BCUT2D eigenvalue weighted by molar-refractivity contribution is 9.10. The maximum Gasteiger partial charge on any atom is 0.290 e. The molecule has 0 radical (unpaired) electrons. The van der Waals surface area contributed by atoms with Gasteiger partial charge in [-0.1, -0.05) is 0 Å². The SMILES string of the molecule is Cl.O=C(c1occc1Br)N1CC[C@@H]2CNC[C@@H]2CC1. The van der Waals surface area contributed by atoms with Gasteiger partial charge in [-0.25, -0.2) is 0 Å².